The second-order valence-corrected chi connectivity index (χ2v) is 9.54. The number of nitrogens with one attached hydrogen (secondary N) is 1. The Labute approximate surface area is 207 Å². The average molecular weight is 480 g/mol. The lowest BCUT2D eigenvalue weighted by molar-refractivity contribution is -0.146. The summed E-state index contributed by atoms with van der Waals surface area (Å²) in [5.41, 5.74) is 9.02. The van der Waals surface area contributed by atoms with Gasteiger partial charge in [-0.05, 0) is 43.2 Å². The van der Waals surface area contributed by atoms with Gasteiger partial charge in [0.15, 0.2) is 5.65 Å². The molecule has 0 aliphatic carbocycles. The van der Waals surface area contributed by atoms with Crippen LogP contribution in [-0.2, 0) is 22.5 Å². The molecule has 0 radical (unpaired) electrons. The summed E-state index contributed by atoms with van der Waals surface area (Å²) in [5.74, 6) is 1.56. The van der Waals surface area contributed by atoms with Crippen molar-refractivity contribution in [3.63, 3.8) is 0 Å². The number of ether oxygens (including phenoxy) is 1. The molecule has 9 nitrogen and oxygen atoms in total. The summed E-state index contributed by atoms with van der Waals surface area (Å²) in [6.07, 6.45) is 10.4. The van der Waals surface area contributed by atoms with Crippen LogP contribution < -0.4 is 16.0 Å². The summed E-state index contributed by atoms with van der Waals surface area (Å²) in [5, 5.41) is 8.12. The fraction of sp³-hybridized carbons (Fsp3) is 0.538. The Morgan fingerprint density at radius 3 is 2.91 bits per heavy atom. The van der Waals surface area contributed by atoms with E-state index in [-0.39, 0.29) is 17.9 Å². The maximum atomic E-state index is 12.2. The minimum Gasteiger partial charge on any atom is -0.464 e. The van der Waals surface area contributed by atoms with E-state index in [4.69, 9.17) is 15.5 Å². The van der Waals surface area contributed by atoms with Crippen LogP contribution in [0.3, 0.4) is 0 Å². The third-order valence-corrected chi connectivity index (χ3v) is 6.72. The Morgan fingerprint density at radius 1 is 1.31 bits per heavy atom. The maximum absolute atomic E-state index is 12.2. The Hall–Kier alpha value is -3.20. The summed E-state index contributed by atoms with van der Waals surface area (Å²) in [6, 6.07) is 5.74. The lowest BCUT2D eigenvalue weighted by Crippen LogP contribution is -2.42. The standard InChI is InChI=1S/C26H37N7O2/c1-4-20-17-30-33-22(29-16-19-8-7-11-28-15-19)14-23(31-25(20)33)32-12-6-5-9-21(32)10-13-35-26(34)24(27)18(2)3/h7-8,11,14-15,17-18,21,24,29H,4-6,9-10,12-13,16,27H2,1-3H3/t21-,24-/m0/s1. The molecule has 4 rings (SSSR count). The quantitative estimate of drug-likeness (QED) is 0.425. The first-order valence-electron chi connectivity index (χ1n) is 12.7. The third kappa shape index (κ3) is 5.90. The van der Waals surface area contributed by atoms with Gasteiger partial charge in [-0.25, -0.2) is 4.98 Å². The van der Waals surface area contributed by atoms with Crippen LogP contribution in [0.1, 0.15) is 57.6 Å². The highest BCUT2D eigenvalue weighted by Crippen LogP contribution is 2.29. The number of piperidine rings is 1. The van der Waals surface area contributed by atoms with Gasteiger partial charge in [-0.1, -0.05) is 26.8 Å². The van der Waals surface area contributed by atoms with E-state index in [1.54, 1.807) is 6.20 Å². The van der Waals surface area contributed by atoms with Crippen molar-refractivity contribution >= 4 is 23.3 Å². The molecule has 1 fully saturated rings. The predicted molar refractivity (Wildman–Crippen MR) is 137 cm³/mol. The molecule has 3 N–H and O–H groups in total. The molecule has 0 spiro atoms. The number of hydrogen-bond acceptors (Lipinski definition) is 8. The van der Waals surface area contributed by atoms with Gasteiger partial charge in [0.05, 0.1) is 12.8 Å². The minimum absolute atomic E-state index is 0.0608. The van der Waals surface area contributed by atoms with Crippen LogP contribution in [0.2, 0.25) is 0 Å². The van der Waals surface area contributed by atoms with Crippen LogP contribution in [0.15, 0.2) is 36.8 Å². The molecule has 4 heterocycles. The van der Waals surface area contributed by atoms with Crippen LogP contribution in [0.25, 0.3) is 5.65 Å². The van der Waals surface area contributed by atoms with Gasteiger partial charge in [-0.15, -0.1) is 0 Å². The summed E-state index contributed by atoms with van der Waals surface area (Å²) >= 11 is 0. The van der Waals surface area contributed by atoms with E-state index in [1.807, 2.05) is 42.9 Å². The van der Waals surface area contributed by atoms with Crippen molar-refractivity contribution in [2.45, 2.75) is 71.5 Å². The normalized spacial score (nSPS) is 17.1. The third-order valence-electron chi connectivity index (χ3n) is 6.72. The van der Waals surface area contributed by atoms with E-state index in [9.17, 15) is 4.79 Å². The molecule has 0 saturated carbocycles. The van der Waals surface area contributed by atoms with Crippen molar-refractivity contribution in [1.82, 2.24) is 19.6 Å². The Kier molecular flexibility index (Phi) is 8.17. The smallest absolute Gasteiger partial charge is 0.323 e. The molecule has 2 atom stereocenters. The first-order valence-corrected chi connectivity index (χ1v) is 12.7. The fourth-order valence-electron chi connectivity index (χ4n) is 4.48. The van der Waals surface area contributed by atoms with Crippen molar-refractivity contribution in [1.29, 1.82) is 0 Å². The molecule has 1 saturated heterocycles. The molecule has 3 aromatic rings. The van der Waals surface area contributed by atoms with Gasteiger partial charge in [0.25, 0.3) is 0 Å². The highest BCUT2D eigenvalue weighted by Gasteiger charge is 2.26. The number of aryl methyl sites for hydroxylation is 1. The Balaban J connectivity index is 1.54. The average Bonchev–Trinajstić information content (AvgIpc) is 3.30. The second-order valence-electron chi connectivity index (χ2n) is 9.54. The van der Waals surface area contributed by atoms with Crippen LogP contribution in [0, 0.1) is 5.92 Å². The summed E-state index contributed by atoms with van der Waals surface area (Å²) < 4.78 is 7.40. The molecule has 3 aromatic heterocycles. The number of aromatic nitrogens is 4. The van der Waals surface area contributed by atoms with Gasteiger partial charge >= 0.3 is 5.97 Å². The number of rotatable bonds is 10. The minimum atomic E-state index is -0.579. The predicted octanol–water partition coefficient (Wildman–Crippen LogP) is 3.57. The van der Waals surface area contributed by atoms with Gasteiger partial charge < -0.3 is 20.7 Å². The molecule has 0 bridgehead atoms. The van der Waals surface area contributed by atoms with Crippen LogP contribution in [0.5, 0.6) is 0 Å². The fourth-order valence-corrected chi connectivity index (χ4v) is 4.48. The van der Waals surface area contributed by atoms with E-state index in [0.29, 0.717) is 13.2 Å². The summed E-state index contributed by atoms with van der Waals surface area (Å²) in [4.78, 5) is 23.8. The summed E-state index contributed by atoms with van der Waals surface area (Å²) in [7, 11) is 0. The lowest BCUT2D eigenvalue weighted by atomic mass is 9.99. The van der Waals surface area contributed by atoms with Crippen molar-refractivity contribution in [3.05, 3.63) is 47.9 Å². The number of carbonyl (C=O) groups is 1. The zero-order chi connectivity index (χ0) is 24.8. The summed E-state index contributed by atoms with van der Waals surface area (Å²) in [6.45, 7) is 7.90. The van der Waals surface area contributed by atoms with Gasteiger partial charge in [0, 0.05) is 49.6 Å². The van der Waals surface area contributed by atoms with E-state index in [0.717, 1.165) is 67.1 Å². The molecule has 0 aromatic carbocycles. The van der Waals surface area contributed by atoms with E-state index in [1.165, 1.54) is 0 Å². The van der Waals surface area contributed by atoms with E-state index >= 15 is 0 Å². The van der Waals surface area contributed by atoms with Gasteiger partial charge in [0.1, 0.15) is 17.7 Å². The monoisotopic (exact) mass is 479 g/mol. The second kappa shape index (κ2) is 11.5. The highest BCUT2D eigenvalue weighted by atomic mass is 16.5. The molecule has 188 valence electrons. The lowest BCUT2D eigenvalue weighted by Gasteiger charge is -2.37. The Bertz CT molecular complexity index is 1120. The first-order chi connectivity index (χ1) is 17.0. The van der Waals surface area contributed by atoms with E-state index < -0.39 is 6.04 Å². The molecule has 1 aliphatic rings. The van der Waals surface area contributed by atoms with Crippen molar-refractivity contribution in [2.75, 3.05) is 23.4 Å². The van der Waals surface area contributed by atoms with Crippen LogP contribution in [-0.4, -0.2) is 50.8 Å². The number of anilines is 2. The Morgan fingerprint density at radius 2 is 2.17 bits per heavy atom. The van der Waals surface area contributed by atoms with Crippen molar-refractivity contribution in [3.8, 4) is 0 Å². The number of pyridine rings is 1. The number of nitrogens with two attached hydrogens (primary N) is 1. The molecule has 0 amide bonds. The van der Waals surface area contributed by atoms with Gasteiger partial charge in [0.2, 0.25) is 0 Å². The van der Waals surface area contributed by atoms with E-state index in [2.05, 4.69) is 33.3 Å². The largest absolute Gasteiger partial charge is 0.464 e. The van der Waals surface area contributed by atoms with Crippen molar-refractivity contribution < 1.29 is 9.53 Å². The SMILES string of the molecule is CCc1cnn2c(NCc3cccnc3)cc(N3CCCC[C@H]3CCOC(=O)[C@@H](N)C(C)C)nc12. The molecule has 1 aliphatic heterocycles. The van der Waals surface area contributed by atoms with Gasteiger partial charge in [-0.2, -0.15) is 9.61 Å². The van der Waals surface area contributed by atoms with Crippen LogP contribution >= 0.6 is 0 Å². The topological polar surface area (TPSA) is 111 Å². The number of carbonyl (C=O) groups excluding carboxylic acids is 1. The van der Waals surface area contributed by atoms with Crippen LogP contribution in [0.4, 0.5) is 11.6 Å². The number of fused-ring (bicyclic) bond motifs is 1. The van der Waals surface area contributed by atoms with Gasteiger partial charge in [-0.3, -0.25) is 9.78 Å². The molecular formula is C26H37N7O2. The number of esters is 1. The first kappa shape index (κ1) is 24.9. The zero-order valence-electron chi connectivity index (χ0n) is 21.0. The molecule has 35 heavy (non-hydrogen) atoms. The van der Waals surface area contributed by atoms with Crippen molar-refractivity contribution in [2.24, 2.45) is 11.7 Å². The zero-order valence-corrected chi connectivity index (χ0v) is 21.0. The molecule has 0 unspecified atom stereocenters. The number of nitrogens with zero attached hydrogens (tertiary/aromatic N) is 5. The maximum Gasteiger partial charge on any atom is 0.323 e. The number of hydrogen-bond donors (Lipinski definition) is 2. The molecule has 9 heteroatoms. The molecular weight excluding hydrogens is 442 g/mol. The highest BCUT2D eigenvalue weighted by molar-refractivity contribution is 5.75.